The van der Waals surface area contributed by atoms with Crippen LogP contribution < -0.4 is 16.4 Å². The van der Waals surface area contributed by atoms with Crippen LogP contribution in [0.25, 0.3) is 0 Å². The van der Waals surface area contributed by atoms with E-state index >= 15 is 0 Å². The number of nitrogens with zero attached hydrogens (tertiary/aromatic N) is 2. The maximum absolute atomic E-state index is 13.7. The monoisotopic (exact) mass is 545 g/mol. The van der Waals surface area contributed by atoms with Gasteiger partial charge in [-0.05, 0) is 54.7 Å². The average Bonchev–Trinajstić information content (AvgIpc) is 3.20. The Morgan fingerprint density at radius 2 is 1.68 bits per heavy atom. The predicted octanol–water partition coefficient (Wildman–Crippen LogP) is 6.07. The molecule has 2 aromatic carbocycles. The van der Waals surface area contributed by atoms with Crippen molar-refractivity contribution in [3.8, 4) is 0 Å². The second-order valence-corrected chi connectivity index (χ2v) is 11.6. The molecule has 40 heavy (non-hydrogen) atoms. The summed E-state index contributed by atoms with van der Waals surface area (Å²) in [5, 5.41) is 5.87. The number of hydrogen-bond acceptors (Lipinski definition) is 4. The molecule has 1 fully saturated rings. The second-order valence-electron chi connectivity index (χ2n) is 11.6. The molecule has 4 N–H and O–H groups in total. The van der Waals surface area contributed by atoms with Crippen molar-refractivity contribution >= 4 is 17.9 Å². The van der Waals surface area contributed by atoms with E-state index in [1.807, 2.05) is 30.3 Å². The van der Waals surface area contributed by atoms with Gasteiger partial charge in [-0.1, -0.05) is 106 Å². The molecular formula is C33H47N5O2. The summed E-state index contributed by atoms with van der Waals surface area (Å²) >= 11 is 0. The number of nitrogens with two attached hydrogens (primary N) is 1. The lowest BCUT2D eigenvalue weighted by Crippen LogP contribution is -2.45. The first-order valence-corrected chi connectivity index (χ1v) is 15.3. The Hall–Kier alpha value is -3.35. The van der Waals surface area contributed by atoms with Gasteiger partial charge in [0.25, 0.3) is 5.91 Å². The summed E-state index contributed by atoms with van der Waals surface area (Å²) in [6, 6.07) is 18.3. The lowest BCUT2D eigenvalue weighted by atomic mass is 9.77. The molecule has 3 amide bonds. The fraction of sp³-hybridized carbons (Fsp3) is 0.545. The standard InChI is InChI=1S/C33H47N5O2/c1-2-3-21-33(23-27-15-8-5-9-16-27)30(39)38(31(34)37-33)25-29-19-17-28(18-20-29)24-36-32(40)35-22-11-10-14-26-12-6-4-7-13-26/h4,6-7,12-13,17-20,27H,2-3,5,8-11,14-16,21-25H2,1H3,(H2,34,37)(H2,35,36,40). The van der Waals surface area contributed by atoms with E-state index in [0.29, 0.717) is 31.5 Å². The maximum atomic E-state index is 13.7. The Morgan fingerprint density at radius 3 is 2.40 bits per heavy atom. The van der Waals surface area contributed by atoms with Gasteiger partial charge in [0, 0.05) is 13.1 Å². The molecule has 1 aliphatic heterocycles. The molecule has 0 saturated heterocycles. The highest BCUT2D eigenvalue weighted by Gasteiger charge is 2.48. The Morgan fingerprint density at radius 1 is 0.950 bits per heavy atom. The third-order valence-corrected chi connectivity index (χ3v) is 8.38. The van der Waals surface area contributed by atoms with Crippen LogP contribution in [0.2, 0.25) is 0 Å². The zero-order chi connectivity index (χ0) is 28.2. The van der Waals surface area contributed by atoms with Crippen molar-refractivity contribution < 1.29 is 9.59 Å². The first-order valence-electron chi connectivity index (χ1n) is 15.3. The Kier molecular flexibility index (Phi) is 11.0. The van der Waals surface area contributed by atoms with Crippen LogP contribution in [0, 0.1) is 5.92 Å². The van der Waals surface area contributed by atoms with E-state index in [4.69, 9.17) is 10.7 Å². The van der Waals surface area contributed by atoms with Crippen LogP contribution in [0.15, 0.2) is 59.6 Å². The normalized spacial score (nSPS) is 19.5. The van der Waals surface area contributed by atoms with Crippen molar-refractivity contribution in [2.24, 2.45) is 16.6 Å². The largest absolute Gasteiger partial charge is 0.369 e. The van der Waals surface area contributed by atoms with Gasteiger partial charge in [0.05, 0.1) is 6.54 Å². The SMILES string of the molecule is CCCCC1(CC2CCCCC2)N=C(N)N(Cc2ccc(CNC(=O)NCCCCc3ccccc3)cc2)C1=O. The summed E-state index contributed by atoms with van der Waals surface area (Å²) < 4.78 is 0. The van der Waals surface area contributed by atoms with Crippen molar-refractivity contribution in [1.29, 1.82) is 0 Å². The second kappa shape index (κ2) is 14.9. The van der Waals surface area contributed by atoms with Gasteiger partial charge in [0.1, 0.15) is 5.54 Å². The van der Waals surface area contributed by atoms with E-state index in [2.05, 4.69) is 41.8 Å². The summed E-state index contributed by atoms with van der Waals surface area (Å²) in [7, 11) is 0. The summed E-state index contributed by atoms with van der Waals surface area (Å²) in [5.74, 6) is 0.975. The lowest BCUT2D eigenvalue weighted by molar-refractivity contribution is -0.132. The van der Waals surface area contributed by atoms with Crippen molar-refractivity contribution in [1.82, 2.24) is 15.5 Å². The van der Waals surface area contributed by atoms with Gasteiger partial charge in [-0.25, -0.2) is 9.79 Å². The molecule has 2 aliphatic rings. The molecule has 1 atom stereocenters. The summed E-state index contributed by atoms with van der Waals surface area (Å²) in [6.45, 7) is 3.69. The van der Waals surface area contributed by atoms with E-state index in [1.54, 1.807) is 4.90 Å². The maximum Gasteiger partial charge on any atom is 0.315 e. The highest BCUT2D eigenvalue weighted by atomic mass is 16.2. The fourth-order valence-electron chi connectivity index (χ4n) is 6.06. The van der Waals surface area contributed by atoms with Crippen LogP contribution >= 0.6 is 0 Å². The molecule has 1 heterocycles. The summed E-state index contributed by atoms with van der Waals surface area (Å²) in [5.41, 5.74) is 9.01. The number of benzene rings is 2. The number of guanidine groups is 1. The molecule has 0 spiro atoms. The molecule has 7 nitrogen and oxygen atoms in total. The van der Waals surface area contributed by atoms with Crippen LogP contribution in [-0.4, -0.2) is 34.9 Å². The van der Waals surface area contributed by atoms with Gasteiger partial charge >= 0.3 is 6.03 Å². The van der Waals surface area contributed by atoms with Gasteiger partial charge in [-0.15, -0.1) is 0 Å². The van der Waals surface area contributed by atoms with Gasteiger partial charge < -0.3 is 16.4 Å². The number of aryl methyl sites for hydroxylation is 1. The number of nitrogens with one attached hydrogen (secondary N) is 2. The molecule has 1 unspecified atom stereocenters. The Bertz CT molecular complexity index is 1110. The molecule has 0 bridgehead atoms. The van der Waals surface area contributed by atoms with E-state index in [9.17, 15) is 9.59 Å². The summed E-state index contributed by atoms with van der Waals surface area (Å²) in [4.78, 5) is 32.5. The average molecular weight is 546 g/mol. The van der Waals surface area contributed by atoms with Crippen molar-refractivity contribution in [3.05, 3.63) is 71.3 Å². The Balaban J connectivity index is 1.22. The first kappa shape index (κ1) is 29.6. The zero-order valence-electron chi connectivity index (χ0n) is 24.2. The predicted molar refractivity (Wildman–Crippen MR) is 162 cm³/mol. The van der Waals surface area contributed by atoms with Crippen LogP contribution in [-0.2, 0) is 24.3 Å². The van der Waals surface area contributed by atoms with Gasteiger partial charge in [0.2, 0.25) is 0 Å². The van der Waals surface area contributed by atoms with Crippen molar-refractivity contribution in [2.75, 3.05) is 6.54 Å². The highest BCUT2D eigenvalue weighted by molar-refractivity contribution is 6.06. The van der Waals surface area contributed by atoms with E-state index < -0.39 is 5.54 Å². The quantitative estimate of drug-likeness (QED) is 0.251. The van der Waals surface area contributed by atoms with Gasteiger partial charge in [-0.2, -0.15) is 0 Å². The molecule has 216 valence electrons. The third kappa shape index (κ3) is 8.33. The topological polar surface area (TPSA) is 99.8 Å². The smallest absolute Gasteiger partial charge is 0.315 e. The molecule has 0 aromatic heterocycles. The van der Waals surface area contributed by atoms with Gasteiger partial charge in [-0.3, -0.25) is 9.69 Å². The van der Waals surface area contributed by atoms with Crippen LogP contribution in [0.3, 0.4) is 0 Å². The number of carbonyl (C=O) groups excluding carboxylic acids is 2. The fourth-order valence-corrected chi connectivity index (χ4v) is 6.06. The van der Waals surface area contributed by atoms with Gasteiger partial charge in [0.15, 0.2) is 5.96 Å². The number of unbranched alkanes of at least 4 members (excludes halogenated alkanes) is 2. The van der Waals surface area contributed by atoms with E-state index in [-0.39, 0.29) is 11.9 Å². The number of carbonyl (C=O) groups is 2. The van der Waals surface area contributed by atoms with E-state index in [0.717, 1.165) is 56.1 Å². The molecular weight excluding hydrogens is 498 g/mol. The molecule has 4 rings (SSSR count). The van der Waals surface area contributed by atoms with Crippen LogP contribution in [0.5, 0.6) is 0 Å². The molecule has 1 aliphatic carbocycles. The molecule has 7 heteroatoms. The highest BCUT2D eigenvalue weighted by Crippen LogP contribution is 2.39. The number of hydrogen-bond donors (Lipinski definition) is 3. The third-order valence-electron chi connectivity index (χ3n) is 8.38. The minimum absolute atomic E-state index is 0.0650. The minimum atomic E-state index is -0.694. The number of urea groups is 1. The van der Waals surface area contributed by atoms with E-state index in [1.165, 1.54) is 37.7 Å². The molecule has 2 aromatic rings. The van der Waals surface area contributed by atoms with Crippen LogP contribution in [0.1, 0.15) is 94.2 Å². The number of amides is 3. The molecule has 0 radical (unpaired) electrons. The minimum Gasteiger partial charge on any atom is -0.369 e. The molecule has 1 saturated carbocycles. The zero-order valence-corrected chi connectivity index (χ0v) is 24.2. The summed E-state index contributed by atoms with van der Waals surface area (Å²) in [6.07, 6.45) is 12.8. The number of aliphatic imine (C=N–C) groups is 1. The lowest BCUT2D eigenvalue weighted by Gasteiger charge is -2.32. The Labute approximate surface area is 240 Å². The van der Waals surface area contributed by atoms with Crippen molar-refractivity contribution in [3.63, 3.8) is 0 Å². The van der Waals surface area contributed by atoms with Crippen LogP contribution in [0.4, 0.5) is 4.79 Å². The van der Waals surface area contributed by atoms with Crippen molar-refractivity contribution in [2.45, 2.75) is 103 Å². The first-order chi connectivity index (χ1) is 19.5. The number of rotatable bonds is 14.